The number of hydrogen-bond acceptors (Lipinski definition) is 5. The molecule has 1 aromatic heterocycles. The number of methoxy groups -OCH3 is 2. The van der Waals surface area contributed by atoms with Crippen molar-refractivity contribution in [1.82, 2.24) is 4.57 Å². The smallest absolute Gasteiger partial charge is 0.341 e. The highest BCUT2D eigenvalue weighted by Gasteiger charge is 2.26. The third-order valence-electron chi connectivity index (χ3n) is 4.41. The van der Waals surface area contributed by atoms with Crippen LogP contribution in [0.2, 0.25) is 0 Å². The number of ether oxygens (including phenoxy) is 3. The van der Waals surface area contributed by atoms with Crippen LogP contribution in [0.5, 0.6) is 5.75 Å². The van der Waals surface area contributed by atoms with Gasteiger partial charge in [-0.15, -0.1) is 0 Å². The van der Waals surface area contributed by atoms with Gasteiger partial charge in [-0.1, -0.05) is 0 Å². The van der Waals surface area contributed by atoms with Crippen molar-refractivity contribution in [2.24, 2.45) is 0 Å². The maximum Gasteiger partial charge on any atom is 0.341 e. The van der Waals surface area contributed by atoms with Crippen LogP contribution in [0, 0.1) is 0 Å². The predicted octanol–water partition coefficient (Wildman–Crippen LogP) is 2.33. The molecule has 1 aromatic carbocycles. The summed E-state index contributed by atoms with van der Waals surface area (Å²) in [5, 5.41) is 9.17. The van der Waals surface area contributed by atoms with Gasteiger partial charge in [-0.25, -0.2) is 4.79 Å². The summed E-state index contributed by atoms with van der Waals surface area (Å²) in [4.78, 5) is 23.3. The maximum atomic E-state index is 12.1. The fourth-order valence-electron chi connectivity index (χ4n) is 3.12. The molecule has 2 aromatic rings. The summed E-state index contributed by atoms with van der Waals surface area (Å²) in [7, 11) is 3.25. The first kappa shape index (κ1) is 18.2. The fourth-order valence-corrected chi connectivity index (χ4v) is 3.12. The standard InChI is InChI=1S/C19H21NO6/c1-24-6-3-7-26-12-4-5-13-14(8-12)18(25-2)11-20-10-15(19(22)23)17(21)9-16(13)20/h4-5,8-10,18H,3,6-7,11H2,1-2H3,(H,22,23). The van der Waals surface area contributed by atoms with Crippen LogP contribution < -0.4 is 10.2 Å². The normalized spacial score (nSPS) is 15.2. The van der Waals surface area contributed by atoms with Crippen LogP contribution in [0.25, 0.3) is 11.3 Å². The predicted molar refractivity (Wildman–Crippen MR) is 94.8 cm³/mol. The second kappa shape index (κ2) is 7.72. The van der Waals surface area contributed by atoms with E-state index in [-0.39, 0.29) is 11.7 Å². The summed E-state index contributed by atoms with van der Waals surface area (Å²) in [6.07, 6.45) is 1.91. The summed E-state index contributed by atoms with van der Waals surface area (Å²) >= 11 is 0. The maximum absolute atomic E-state index is 12.1. The number of pyridine rings is 1. The second-order valence-electron chi connectivity index (χ2n) is 6.06. The SMILES string of the molecule is COCCCOc1ccc2c(c1)C(OC)Cn1cc(C(=O)O)c(=O)cc1-2. The number of fused-ring (bicyclic) bond motifs is 3. The van der Waals surface area contributed by atoms with E-state index < -0.39 is 11.4 Å². The lowest BCUT2D eigenvalue weighted by Gasteiger charge is -2.29. The van der Waals surface area contributed by atoms with Crippen LogP contribution in [0.3, 0.4) is 0 Å². The molecule has 1 aliphatic rings. The summed E-state index contributed by atoms with van der Waals surface area (Å²) in [6, 6.07) is 6.99. The number of aromatic nitrogens is 1. The van der Waals surface area contributed by atoms with Crippen molar-refractivity contribution in [1.29, 1.82) is 0 Å². The summed E-state index contributed by atoms with van der Waals surface area (Å²) in [6.45, 7) is 1.60. The third-order valence-corrected chi connectivity index (χ3v) is 4.41. The number of carbonyl (C=O) groups is 1. The van der Waals surface area contributed by atoms with Crippen LogP contribution in [-0.4, -0.2) is 43.1 Å². The molecule has 138 valence electrons. The first-order chi connectivity index (χ1) is 12.5. The Morgan fingerprint density at radius 2 is 2.08 bits per heavy atom. The Morgan fingerprint density at radius 3 is 2.77 bits per heavy atom. The van der Waals surface area contributed by atoms with Gasteiger partial charge in [0.05, 0.1) is 18.8 Å². The molecule has 3 rings (SSSR count). The van der Waals surface area contributed by atoms with E-state index in [1.807, 2.05) is 18.2 Å². The lowest BCUT2D eigenvalue weighted by Crippen LogP contribution is -2.24. The molecule has 1 aliphatic heterocycles. The topological polar surface area (TPSA) is 87.0 Å². The van der Waals surface area contributed by atoms with E-state index in [0.717, 1.165) is 23.3 Å². The average Bonchev–Trinajstić information content (AvgIpc) is 2.64. The van der Waals surface area contributed by atoms with Gasteiger partial charge >= 0.3 is 5.97 Å². The Kier molecular flexibility index (Phi) is 5.39. The molecule has 2 heterocycles. The van der Waals surface area contributed by atoms with Crippen molar-refractivity contribution in [3.63, 3.8) is 0 Å². The molecule has 26 heavy (non-hydrogen) atoms. The minimum absolute atomic E-state index is 0.245. The molecule has 0 spiro atoms. The van der Waals surface area contributed by atoms with Gasteiger partial charge in [0.15, 0.2) is 5.43 Å². The molecule has 7 nitrogen and oxygen atoms in total. The van der Waals surface area contributed by atoms with Gasteiger partial charge in [0.2, 0.25) is 0 Å². The van der Waals surface area contributed by atoms with Gasteiger partial charge in [-0.2, -0.15) is 0 Å². The van der Waals surface area contributed by atoms with Crippen LogP contribution in [0.15, 0.2) is 35.3 Å². The zero-order valence-corrected chi connectivity index (χ0v) is 14.7. The highest BCUT2D eigenvalue weighted by Crippen LogP contribution is 2.37. The van der Waals surface area contributed by atoms with Crippen molar-refractivity contribution in [2.75, 3.05) is 27.4 Å². The first-order valence-electron chi connectivity index (χ1n) is 8.31. The van der Waals surface area contributed by atoms with E-state index in [2.05, 4.69) is 0 Å². The van der Waals surface area contributed by atoms with Gasteiger partial charge in [-0.05, 0) is 23.8 Å². The molecule has 0 fully saturated rings. The Bertz CT molecular complexity index is 873. The minimum atomic E-state index is -1.23. The van der Waals surface area contributed by atoms with Gasteiger partial charge in [0, 0.05) is 45.1 Å². The molecular formula is C19H21NO6. The fraction of sp³-hybridized carbons (Fsp3) is 0.368. The highest BCUT2D eigenvalue weighted by atomic mass is 16.5. The zero-order valence-electron chi connectivity index (χ0n) is 14.7. The number of benzene rings is 1. The lowest BCUT2D eigenvalue weighted by atomic mass is 9.94. The largest absolute Gasteiger partial charge is 0.493 e. The summed E-state index contributed by atoms with van der Waals surface area (Å²) in [5.41, 5.74) is 1.67. The quantitative estimate of drug-likeness (QED) is 0.764. The van der Waals surface area contributed by atoms with E-state index in [9.17, 15) is 14.7 Å². The number of aromatic carboxylic acids is 1. The van der Waals surface area contributed by atoms with Gasteiger partial charge in [0.25, 0.3) is 0 Å². The summed E-state index contributed by atoms with van der Waals surface area (Å²) < 4.78 is 18.1. The molecule has 0 saturated heterocycles. The van der Waals surface area contributed by atoms with E-state index in [0.29, 0.717) is 25.5 Å². The van der Waals surface area contributed by atoms with E-state index in [1.165, 1.54) is 12.3 Å². The van der Waals surface area contributed by atoms with Gasteiger partial charge < -0.3 is 23.9 Å². The van der Waals surface area contributed by atoms with Crippen LogP contribution in [-0.2, 0) is 16.0 Å². The number of carboxylic acid groups (broad SMARTS) is 1. The first-order valence-corrected chi connectivity index (χ1v) is 8.31. The van der Waals surface area contributed by atoms with Gasteiger partial charge in [0.1, 0.15) is 17.4 Å². The van der Waals surface area contributed by atoms with Crippen molar-refractivity contribution in [3.8, 4) is 17.0 Å². The van der Waals surface area contributed by atoms with E-state index >= 15 is 0 Å². The minimum Gasteiger partial charge on any atom is -0.493 e. The molecule has 1 atom stereocenters. The molecule has 0 aliphatic carbocycles. The van der Waals surface area contributed by atoms with Crippen LogP contribution in [0.1, 0.15) is 28.4 Å². The number of carboxylic acids is 1. The highest BCUT2D eigenvalue weighted by molar-refractivity contribution is 5.87. The van der Waals surface area contributed by atoms with Crippen LogP contribution >= 0.6 is 0 Å². The molecule has 0 radical (unpaired) electrons. The van der Waals surface area contributed by atoms with E-state index in [4.69, 9.17) is 14.2 Å². The van der Waals surface area contributed by atoms with Crippen LogP contribution in [0.4, 0.5) is 0 Å². The van der Waals surface area contributed by atoms with Crippen molar-refractivity contribution < 1.29 is 24.1 Å². The Labute approximate surface area is 150 Å². The lowest BCUT2D eigenvalue weighted by molar-refractivity contribution is 0.0690. The molecule has 1 N–H and O–H groups in total. The molecular weight excluding hydrogens is 338 g/mol. The zero-order chi connectivity index (χ0) is 18.7. The van der Waals surface area contributed by atoms with Crippen molar-refractivity contribution in [3.05, 3.63) is 51.8 Å². The molecule has 0 amide bonds. The third kappa shape index (κ3) is 3.49. The van der Waals surface area contributed by atoms with Crippen molar-refractivity contribution in [2.45, 2.75) is 19.1 Å². The summed E-state index contributed by atoms with van der Waals surface area (Å²) in [5.74, 6) is -0.510. The van der Waals surface area contributed by atoms with E-state index in [1.54, 1.807) is 18.8 Å². The molecule has 0 bridgehead atoms. The number of rotatable bonds is 7. The monoisotopic (exact) mass is 359 g/mol. The number of nitrogens with zero attached hydrogens (tertiary/aromatic N) is 1. The Hall–Kier alpha value is -2.64. The molecule has 1 unspecified atom stereocenters. The van der Waals surface area contributed by atoms with Gasteiger partial charge in [-0.3, -0.25) is 4.79 Å². The number of hydrogen-bond donors (Lipinski definition) is 1. The molecule has 0 saturated carbocycles. The Morgan fingerprint density at radius 1 is 1.27 bits per heavy atom. The molecule has 7 heteroatoms. The Balaban J connectivity index is 1.98. The second-order valence-corrected chi connectivity index (χ2v) is 6.06. The average molecular weight is 359 g/mol. The van der Waals surface area contributed by atoms with Crippen molar-refractivity contribution >= 4 is 5.97 Å².